The van der Waals surface area contributed by atoms with Crippen LogP contribution >= 0.6 is 0 Å². The fourth-order valence-electron chi connectivity index (χ4n) is 5.06. The van der Waals surface area contributed by atoms with Crippen molar-refractivity contribution in [1.82, 2.24) is 10.2 Å². The van der Waals surface area contributed by atoms with E-state index in [0.29, 0.717) is 17.1 Å². The Labute approximate surface area is 290 Å². The van der Waals surface area contributed by atoms with Crippen LogP contribution in [0, 0.1) is 5.82 Å². The van der Waals surface area contributed by atoms with Gasteiger partial charge in [0, 0.05) is 18.8 Å². The number of carbonyl (C=O) groups is 2. The number of rotatable bonds is 15. The highest BCUT2D eigenvalue weighted by atomic mass is 32.2. The molecule has 12 heteroatoms. The number of ether oxygens (including phenoxy) is 3. The van der Waals surface area contributed by atoms with Crippen molar-refractivity contribution >= 4 is 27.5 Å². The summed E-state index contributed by atoms with van der Waals surface area (Å²) in [6.07, 6.45) is 0. The molecular formula is C38H36FN3O7S. The van der Waals surface area contributed by atoms with Crippen molar-refractivity contribution in [2.24, 2.45) is 0 Å². The molecule has 5 aromatic carbocycles. The van der Waals surface area contributed by atoms with Gasteiger partial charge in [0.15, 0.2) is 6.61 Å². The lowest BCUT2D eigenvalue weighted by Crippen LogP contribution is -2.45. The molecule has 10 nitrogen and oxygen atoms in total. The molecule has 5 aromatic rings. The molecule has 0 saturated carbocycles. The van der Waals surface area contributed by atoms with Crippen LogP contribution in [0.25, 0.3) is 0 Å². The zero-order valence-corrected chi connectivity index (χ0v) is 28.2. The summed E-state index contributed by atoms with van der Waals surface area (Å²) in [5.41, 5.74) is 2.41. The molecular weight excluding hydrogens is 661 g/mol. The van der Waals surface area contributed by atoms with Crippen molar-refractivity contribution in [1.29, 1.82) is 0 Å². The number of carbonyl (C=O) groups excluding carboxylic acids is 2. The molecule has 0 bridgehead atoms. The summed E-state index contributed by atoms with van der Waals surface area (Å²) in [7, 11) is -0.833. The standard InChI is InChI=1S/C38H36FN3O7S/c1-47-32-16-8-27(9-17-32)24-40-38(44)37(29-6-4-3-5-7-29)42(25-28-10-18-33(48-2)19-11-28)36(43)26-49-34-20-22-35(23-21-34)50(45,46)41-31-14-12-30(39)13-15-31/h3-23,37,41H,24-26H2,1-2H3,(H,40,44)/t37-/m1/s1. The fourth-order valence-corrected chi connectivity index (χ4v) is 6.12. The fraction of sp³-hybridized carbons (Fsp3) is 0.158. The average molecular weight is 698 g/mol. The maximum atomic E-state index is 14.0. The Kier molecular flexibility index (Phi) is 11.7. The summed E-state index contributed by atoms with van der Waals surface area (Å²) in [5, 5.41) is 2.97. The normalized spacial score (nSPS) is 11.6. The third kappa shape index (κ3) is 9.38. The minimum Gasteiger partial charge on any atom is -0.497 e. The molecule has 50 heavy (non-hydrogen) atoms. The number of halogens is 1. The number of amides is 2. The van der Waals surface area contributed by atoms with Gasteiger partial charge < -0.3 is 24.4 Å². The van der Waals surface area contributed by atoms with E-state index >= 15 is 0 Å². The Morgan fingerprint density at radius 1 is 0.720 bits per heavy atom. The molecule has 0 heterocycles. The molecule has 0 aliphatic carbocycles. The number of hydrogen-bond donors (Lipinski definition) is 2. The van der Waals surface area contributed by atoms with E-state index in [1.165, 1.54) is 41.3 Å². The predicted octanol–water partition coefficient (Wildman–Crippen LogP) is 6.11. The predicted molar refractivity (Wildman–Crippen MR) is 187 cm³/mol. The molecule has 0 unspecified atom stereocenters. The Morgan fingerprint density at radius 3 is 1.86 bits per heavy atom. The molecule has 258 valence electrons. The minimum atomic E-state index is -3.97. The number of hydrogen-bond acceptors (Lipinski definition) is 7. The molecule has 0 aliphatic heterocycles. The highest BCUT2D eigenvalue weighted by Crippen LogP contribution is 2.26. The van der Waals surface area contributed by atoms with Gasteiger partial charge in [-0.3, -0.25) is 14.3 Å². The van der Waals surface area contributed by atoms with Crippen molar-refractivity contribution in [3.05, 3.63) is 150 Å². The van der Waals surface area contributed by atoms with Gasteiger partial charge >= 0.3 is 0 Å². The molecule has 0 saturated heterocycles. The van der Waals surface area contributed by atoms with E-state index in [9.17, 15) is 22.4 Å². The van der Waals surface area contributed by atoms with Crippen LogP contribution in [0.1, 0.15) is 22.7 Å². The van der Waals surface area contributed by atoms with Crippen LogP contribution in [0.3, 0.4) is 0 Å². The van der Waals surface area contributed by atoms with Gasteiger partial charge in [0.25, 0.3) is 15.9 Å². The Bertz CT molecular complexity index is 1970. The monoisotopic (exact) mass is 697 g/mol. The Morgan fingerprint density at radius 2 is 1.28 bits per heavy atom. The lowest BCUT2D eigenvalue weighted by Gasteiger charge is -2.31. The molecule has 2 amide bonds. The first-order valence-electron chi connectivity index (χ1n) is 15.5. The van der Waals surface area contributed by atoms with Crippen LogP contribution in [-0.2, 0) is 32.7 Å². The van der Waals surface area contributed by atoms with Gasteiger partial charge in [-0.05, 0) is 89.5 Å². The molecule has 1 atom stereocenters. The molecule has 5 rings (SSSR count). The zero-order chi connectivity index (χ0) is 35.5. The number of methoxy groups -OCH3 is 2. The molecule has 0 aliphatic rings. The second-order valence-corrected chi connectivity index (χ2v) is 12.8. The third-order valence-electron chi connectivity index (χ3n) is 7.73. The molecule has 0 aromatic heterocycles. The van der Waals surface area contributed by atoms with Crippen molar-refractivity contribution in [3.63, 3.8) is 0 Å². The lowest BCUT2D eigenvalue weighted by atomic mass is 10.0. The van der Waals surface area contributed by atoms with Gasteiger partial charge in [-0.25, -0.2) is 12.8 Å². The molecule has 0 fully saturated rings. The van der Waals surface area contributed by atoms with Gasteiger partial charge in [-0.15, -0.1) is 0 Å². The van der Waals surface area contributed by atoms with Crippen molar-refractivity contribution < 1.29 is 36.6 Å². The van der Waals surface area contributed by atoms with E-state index < -0.39 is 40.3 Å². The van der Waals surface area contributed by atoms with Crippen molar-refractivity contribution in [2.75, 3.05) is 25.5 Å². The van der Waals surface area contributed by atoms with Gasteiger partial charge in [-0.1, -0.05) is 54.6 Å². The summed E-state index contributed by atoms with van der Waals surface area (Å²) in [6, 6.07) is 32.9. The number of nitrogens with one attached hydrogen (secondary N) is 2. The van der Waals surface area contributed by atoms with E-state index in [2.05, 4.69) is 10.0 Å². The smallest absolute Gasteiger partial charge is 0.261 e. The Hall–Kier alpha value is -5.88. The molecule has 0 radical (unpaired) electrons. The summed E-state index contributed by atoms with van der Waals surface area (Å²) >= 11 is 0. The number of sulfonamides is 1. The zero-order valence-electron chi connectivity index (χ0n) is 27.4. The van der Waals surface area contributed by atoms with E-state index in [0.717, 1.165) is 23.3 Å². The van der Waals surface area contributed by atoms with Crippen LogP contribution in [0.4, 0.5) is 10.1 Å². The van der Waals surface area contributed by atoms with Gasteiger partial charge in [-0.2, -0.15) is 0 Å². The second-order valence-electron chi connectivity index (χ2n) is 11.1. The summed E-state index contributed by atoms with van der Waals surface area (Å²) in [5.74, 6) is 0.210. The SMILES string of the molecule is COc1ccc(CNC(=O)[C@@H](c2ccccc2)N(Cc2ccc(OC)cc2)C(=O)COc2ccc(S(=O)(=O)Nc3ccc(F)cc3)cc2)cc1. The quantitative estimate of drug-likeness (QED) is 0.135. The maximum absolute atomic E-state index is 14.0. The van der Waals surface area contributed by atoms with Crippen LogP contribution in [-0.4, -0.2) is 46.0 Å². The summed E-state index contributed by atoms with van der Waals surface area (Å²) in [4.78, 5) is 29.4. The van der Waals surface area contributed by atoms with E-state index in [-0.39, 0.29) is 29.4 Å². The minimum absolute atomic E-state index is 0.0562. The van der Waals surface area contributed by atoms with Gasteiger partial charge in [0.2, 0.25) is 5.91 Å². The van der Waals surface area contributed by atoms with Gasteiger partial charge in [0.05, 0.1) is 19.1 Å². The van der Waals surface area contributed by atoms with Crippen molar-refractivity contribution in [3.8, 4) is 17.2 Å². The number of nitrogens with zero attached hydrogens (tertiary/aromatic N) is 1. The molecule has 0 spiro atoms. The highest BCUT2D eigenvalue weighted by Gasteiger charge is 2.32. The van der Waals surface area contributed by atoms with E-state index in [4.69, 9.17) is 14.2 Å². The third-order valence-corrected chi connectivity index (χ3v) is 9.12. The highest BCUT2D eigenvalue weighted by molar-refractivity contribution is 7.92. The largest absolute Gasteiger partial charge is 0.497 e. The van der Waals surface area contributed by atoms with E-state index in [1.54, 1.807) is 62.8 Å². The number of benzene rings is 5. The van der Waals surface area contributed by atoms with Crippen LogP contribution in [0.5, 0.6) is 17.2 Å². The second kappa shape index (κ2) is 16.5. The topological polar surface area (TPSA) is 123 Å². The number of anilines is 1. The summed E-state index contributed by atoms with van der Waals surface area (Å²) < 4.78 is 57.7. The van der Waals surface area contributed by atoms with E-state index in [1.807, 2.05) is 30.3 Å². The summed E-state index contributed by atoms with van der Waals surface area (Å²) in [6.45, 7) is -0.141. The van der Waals surface area contributed by atoms with Crippen LogP contribution in [0.2, 0.25) is 0 Å². The first kappa shape index (κ1) is 35.4. The maximum Gasteiger partial charge on any atom is 0.261 e. The average Bonchev–Trinajstić information content (AvgIpc) is 3.14. The first-order chi connectivity index (χ1) is 24.1. The Balaban J connectivity index is 1.36. The van der Waals surface area contributed by atoms with Crippen molar-refractivity contribution in [2.45, 2.75) is 24.0 Å². The van der Waals surface area contributed by atoms with Gasteiger partial charge in [0.1, 0.15) is 29.1 Å². The lowest BCUT2D eigenvalue weighted by molar-refractivity contribution is -0.143. The first-order valence-corrected chi connectivity index (χ1v) is 17.0. The van der Waals surface area contributed by atoms with Crippen LogP contribution in [0.15, 0.2) is 132 Å². The molecule has 2 N–H and O–H groups in total. The van der Waals surface area contributed by atoms with Crippen LogP contribution < -0.4 is 24.2 Å².